The van der Waals surface area contributed by atoms with Gasteiger partial charge in [0.2, 0.25) is 0 Å². The summed E-state index contributed by atoms with van der Waals surface area (Å²) in [6, 6.07) is 0. The normalized spacial score (nSPS) is 9.33. The van der Waals surface area contributed by atoms with Gasteiger partial charge in [-0.15, -0.1) is 0 Å². The first-order valence-electron chi connectivity index (χ1n) is 5.00. The summed E-state index contributed by atoms with van der Waals surface area (Å²) in [7, 11) is -3.22. The fourth-order valence-electron chi connectivity index (χ4n) is 0.586. The van der Waals surface area contributed by atoms with Gasteiger partial charge in [0, 0.05) is 0 Å². The largest absolute Gasteiger partial charge is 0.503 e. The van der Waals surface area contributed by atoms with Gasteiger partial charge in [0.05, 0.1) is 26.2 Å². The molecule has 0 aromatic heterocycles. The van der Waals surface area contributed by atoms with Crippen LogP contribution in [0.2, 0.25) is 0 Å². The zero-order valence-electron chi connectivity index (χ0n) is 10.7. The average molecular weight is 290 g/mol. The molecule has 0 saturated carbocycles. The summed E-state index contributed by atoms with van der Waals surface area (Å²) in [5.74, 6) is 0. The molecule has 110 valence electrons. The Morgan fingerprint density at radius 2 is 1.33 bits per heavy atom. The van der Waals surface area contributed by atoms with Crippen LogP contribution in [0.5, 0.6) is 0 Å². The first kappa shape index (κ1) is 22.2. The first-order chi connectivity index (χ1) is 8.33. The molecular formula is C9H20FO7P. The van der Waals surface area contributed by atoms with Gasteiger partial charge in [0.1, 0.15) is 0 Å². The third-order valence-electron chi connectivity index (χ3n) is 0.862. The second-order valence-electron chi connectivity index (χ2n) is 2.14. The lowest BCUT2D eigenvalue weighted by Gasteiger charge is -2.14. The number of carbonyl (C=O) groups is 1. The average Bonchev–Trinajstić information content (AvgIpc) is 2.18. The van der Waals surface area contributed by atoms with Gasteiger partial charge in [0.15, 0.2) is 0 Å². The Morgan fingerprint density at radius 3 is 1.44 bits per heavy atom. The summed E-state index contributed by atoms with van der Waals surface area (Å²) in [5, 5.41) is 13.9. The molecule has 0 rings (SSSR count). The molecule has 0 radical (unpaired) electrons. The van der Waals surface area contributed by atoms with Crippen molar-refractivity contribution in [3.63, 3.8) is 0 Å². The van der Waals surface area contributed by atoms with E-state index >= 15 is 0 Å². The standard InChI is InChI=1S/C6H15O4P.C2H3F.CH2O3/c1-4-8-11(7,9-5-2)10-6-3;1-2-3;2-1(3)4/h4-6H2,1-3H3;2H,1H2;(H2,2,3,4). The molecule has 2 N–H and O–H groups in total. The van der Waals surface area contributed by atoms with Crippen molar-refractivity contribution in [2.45, 2.75) is 20.8 Å². The number of phosphoric acid groups is 1. The van der Waals surface area contributed by atoms with Crippen LogP contribution in [0.1, 0.15) is 20.8 Å². The van der Waals surface area contributed by atoms with Crippen molar-refractivity contribution >= 4 is 14.0 Å². The molecule has 0 aliphatic carbocycles. The van der Waals surface area contributed by atoms with E-state index in [4.69, 9.17) is 28.6 Å². The van der Waals surface area contributed by atoms with Gasteiger partial charge in [0.25, 0.3) is 0 Å². The molecule has 0 heterocycles. The highest BCUT2D eigenvalue weighted by atomic mass is 31.2. The van der Waals surface area contributed by atoms with Crippen LogP contribution in [0.15, 0.2) is 12.9 Å². The number of phosphoric ester groups is 1. The van der Waals surface area contributed by atoms with Gasteiger partial charge in [-0.25, -0.2) is 13.8 Å². The van der Waals surface area contributed by atoms with Crippen molar-refractivity contribution in [1.82, 2.24) is 0 Å². The van der Waals surface area contributed by atoms with Crippen LogP contribution in [0.25, 0.3) is 0 Å². The Labute approximate surface area is 106 Å². The Balaban J connectivity index is -0.000000266. The molecule has 0 aliphatic heterocycles. The van der Waals surface area contributed by atoms with Gasteiger partial charge < -0.3 is 10.2 Å². The van der Waals surface area contributed by atoms with E-state index in [0.29, 0.717) is 19.8 Å². The van der Waals surface area contributed by atoms with E-state index in [1.54, 1.807) is 20.8 Å². The minimum Gasteiger partial charge on any atom is -0.450 e. The zero-order chi connectivity index (χ0) is 15.0. The predicted octanol–water partition coefficient (Wildman–Crippen LogP) is 3.53. The minimum absolute atomic E-state index is 0.250. The topological polar surface area (TPSA) is 102 Å². The van der Waals surface area contributed by atoms with Crippen molar-refractivity contribution in [3.8, 4) is 0 Å². The fourth-order valence-corrected chi connectivity index (χ4v) is 1.76. The highest BCUT2D eigenvalue weighted by molar-refractivity contribution is 7.48. The summed E-state index contributed by atoms with van der Waals surface area (Å²) in [4.78, 5) is 8.56. The van der Waals surface area contributed by atoms with E-state index in [1.165, 1.54) is 0 Å². The van der Waals surface area contributed by atoms with Crippen LogP contribution in [0.3, 0.4) is 0 Å². The highest BCUT2D eigenvalue weighted by Gasteiger charge is 2.23. The van der Waals surface area contributed by atoms with Gasteiger partial charge in [-0.3, -0.25) is 13.6 Å². The minimum atomic E-state index is -3.22. The van der Waals surface area contributed by atoms with E-state index < -0.39 is 14.0 Å². The van der Waals surface area contributed by atoms with Crippen LogP contribution < -0.4 is 0 Å². The molecule has 0 aliphatic rings. The molecule has 0 atom stereocenters. The van der Waals surface area contributed by atoms with E-state index in [9.17, 15) is 8.96 Å². The zero-order valence-corrected chi connectivity index (χ0v) is 11.6. The van der Waals surface area contributed by atoms with Gasteiger partial charge in [-0.2, -0.15) is 0 Å². The SMILES string of the molecule is C=CF.CCOP(=O)(OCC)OCC.O=C(O)O. The van der Waals surface area contributed by atoms with Crippen molar-refractivity contribution in [3.05, 3.63) is 12.9 Å². The van der Waals surface area contributed by atoms with Gasteiger partial charge in [-0.1, -0.05) is 6.58 Å². The molecule has 9 heteroatoms. The summed E-state index contributed by atoms with van der Waals surface area (Å²) in [6.45, 7) is 8.91. The molecule has 0 amide bonds. The second-order valence-corrected chi connectivity index (χ2v) is 3.81. The lowest BCUT2D eigenvalue weighted by molar-refractivity contribution is 0.126. The van der Waals surface area contributed by atoms with Gasteiger partial charge >= 0.3 is 14.0 Å². The summed E-state index contributed by atoms with van der Waals surface area (Å²) in [6.07, 6.45) is -1.58. The highest BCUT2D eigenvalue weighted by Crippen LogP contribution is 2.48. The quantitative estimate of drug-likeness (QED) is 0.721. The number of carboxylic acid groups (broad SMARTS) is 2. The molecule has 0 bridgehead atoms. The third kappa shape index (κ3) is 24.3. The number of rotatable bonds is 6. The predicted molar refractivity (Wildman–Crippen MR) is 64.4 cm³/mol. The molecule has 0 unspecified atom stereocenters. The molecule has 7 nitrogen and oxygen atoms in total. The van der Waals surface area contributed by atoms with E-state index in [0.717, 1.165) is 0 Å². The van der Waals surface area contributed by atoms with Crippen LogP contribution in [-0.4, -0.2) is 36.2 Å². The maximum Gasteiger partial charge on any atom is 0.503 e. The van der Waals surface area contributed by atoms with E-state index in [1.807, 2.05) is 0 Å². The molecule has 18 heavy (non-hydrogen) atoms. The summed E-state index contributed by atoms with van der Waals surface area (Å²) >= 11 is 0. The van der Waals surface area contributed by atoms with Gasteiger partial charge in [-0.05, 0) is 20.8 Å². The van der Waals surface area contributed by atoms with Crippen LogP contribution in [0, 0.1) is 0 Å². The number of hydrogen-bond acceptors (Lipinski definition) is 5. The Morgan fingerprint density at radius 1 is 1.17 bits per heavy atom. The smallest absolute Gasteiger partial charge is 0.450 e. The lowest BCUT2D eigenvalue weighted by atomic mass is 10.9. The van der Waals surface area contributed by atoms with E-state index in [2.05, 4.69) is 6.58 Å². The van der Waals surface area contributed by atoms with Crippen LogP contribution >= 0.6 is 7.82 Å². The first-order valence-corrected chi connectivity index (χ1v) is 6.46. The Bertz CT molecular complexity index is 219. The molecule has 0 aromatic carbocycles. The maximum atomic E-state index is 11.3. The van der Waals surface area contributed by atoms with E-state index in [-0.39, 0.29) is 6.33 Å². The fraction of sp³-hybridized carbons (Fsp3) is 0.667. The van der Waals surface area contributed by atoms with Crippen molar-refractivity contribution in [2.24, 2.45) is 0 Å². The number of halogens is 1. The maximum absolute atomic E-state index is 11.3. The van der Waals surface area contributed by atoms with Crippen molar-refractivity contribution in [1.29, 1.82) is 0 Å². The lowest BCUT2D eigenvalue weighted by Crippen LogP contribution is -1.99. The van der Waals surface area contributed by atoms with Crippen molar-refractivity contribution in [2.75, 3.05) is 19.8 Å². The molecule has 0 fully saturated rings. The second kappa shape index (κ2) is 16.1. The van der Waals surface area contributed by atoms with Crippen LogP contribution in [0.4, 0.5) is 9.18 Å². The molecule has 0 spiro atoms. The monoisotopic (exact) mass is 290 g/mol. The summed E-state index contributed by atoms with van der Waals surface area (Å²) in [5.41, 5.74) is 0. The third-order valence-corrected chi connectivity index (χ3v) is 2.58. The van der Waals surface area contributed by atoms with Crippen molar-refractivity contribution < 1.29 is 37.5 Å². The Hall–Kier alpha value is -0.950. The van der Waals surface area contributed by atoms with Crippen LogP contribution in [-0.2, 0) is 18.1 Å². The summed E-state index contributed by atoms with van der Waals surface area (Å²) < 4.78 is 35.9. The Kier molecular flexibility index (Phi) is 19.8. The number of hydrogen-bond donors (Lipinski definition) is 2. The molecular weight excluding hydrogens is 270 g/mol. The molecule has 0 aromatic rings. The molecule has 0 saturated heterocycles.